The first-order valence-electron chi connectivity index (χ1n) is 5.98. The Hall–Kier alpha value is -2.17. The van der Waals surface area contributed by atoms with Crippen molar-refractivity contribution in [2.45, 2.75) is 25.7 Å². The van der Waals surface area contributed by atoms with E-state index in [4.69, 9.17) is 4.52 Å². The molecule has 18 heavy (non-hydrogen) atoms. The summed E-state index contributed by atoms with van der Waals surface area (Å²) in [6, 6.07) is 6.45. The fourth-order valence-electron chi connectivity index (χ4n) is 2.35. The zero-order valence-electron chi connectivity index (χ0n) is 9.76. The van der Waals surface area contributed by atoms with Gasteiger partial charge in [-0.1, -0.05) is 5.16 Å². The van der Waals surface area contributed by atoms with E-state index in [1.165, 1.54) is 12.1 Å². The molecule has 0 saturated carbocycles. The molecule has 0 saturated heterocycles. The Kier molecular flexibility index (Phi) is 2.59. The molecule has 3 rings (SSSR count). The standard InChI is InChI=1S/C13H12N2O3/c16-15(17)10-7-5-9(6-8-10)13-11-3-1-2-4-12(11)18-14-13/h5-8H,1-4H2. The Labute approximate surface area is 104 Å². The molecule has 0 unspecified atom stereocenters. The predicted molar refractivity (Wildman–Crippen MR) is 65.2 cm³/mol. The van der Waals surface area contributed by atoms with Crippen LogP contribution >= 0.6 is 0 Å². The maximum absolute atomic E-state index is 10.6. The van der Waals surface area contributed by atoms with Crippen molar-refractivity contribution in [2.75, 3.05) is 0 Å². The zero-order chi connectivity index (χ0) is 12.5. The lowest BCUT2D eigenvalue weighted by Crippen LogP contribution is -2.00. The first kappa shape index (κ1) is 11.0. The third-order valence-corrected chi connectivity index (χ3v) is 3.30. The molecule has 0 bridgehead atoms. The summed E-state index contributed by atoms with van der Waals surface area (Å²) in [6.07, 6.45) is 4.20. The highest BCUT2D eigenvalue weighted by molar-refractivity contribution is 5.65. The highest BCUT2D eigenvalue weighted by atomic mass is 16.6. The van der Waals surface area contributed by atoms with Gasteiger partial charge in [0.25, 0.3) is 5.69 Å². The number of fused-ring (bicyclic) bond motifs is 1. The number of nitrogens with zero attached hydrogens (tertiary/aromatic N) is 2. The number of aromatic nitrogens is 1. The van der Waals surface area contributed by atoms with Crippen molar-refractivity contribution in [1.29, 1.82) is 0 Å². The largest absolute Gasteiger partial charge is 0.360 e. The summed E-state index contributed by atoms with van der Waals surface area (Å²) < 4.78 is 5.34. The van der Waals surface area contributed by atoms with Crippen LogP contribution in [0.15, 0.2) is 28.8 Å². The lowest BCUT2D eigenvalue weighted by Gasteiger charge is -2.08. The summed E-state index contributed by atoms with van der Waals surface area (Å²) in [7, 11) is 0. The van der Waals surface area contributed by atoms with Gasteiger partial charge in [0.15, 0.2) is 0 Å². The van der Waals surface area contributed by atoms with E-state index >= 15 is 0 Å². The van der Waals surface area contributed by atoms with Gasteiger partial charge in [0.2, 0.25) is 0 Å². The molecule has 1 aliphatic rings. The summed E-state index contributed by atoms with van der Waals surface area (Å²) in [5.74, 6) is 0.967. The number of benzene rings is 1. The fourth-order valence-corrected chi connectivity index (χ4v) is 2.35. The second-order valence-electron chi connectivity index (χ2n) is 4.44. The molecule has 0 spiro atoms. The van der Waals surface area contributed by atoms with E-state index in [1.54, 1.807) is 12.1 Å². The molecular weight excluding hydrogens is 232 g/mol. The fraction of sp³-hybridized carbons (Fsp3) is 0.308. The van der Waals surface area contributed by atoms with Gasteiger partial charge in [-0.05, 0) is 31.4 Å². The Balaban J connectivity index is 1.99. The summed E-state index contributed by atoms with van der Waals surface area (Å²) >= 11 is 0. The monoisotopic (exact) mass is 244 g/mol. The molecule has 5 nitrogen and oxygen atoms in total. The van der Waals surface area contributed by atoms with Crippen LogP contribution in [0.3, 0.4) is 0 Å². The third kappa shape index (κ3) is 1.77. The Bertz CT molecular complexity index is 587. The van der Waals surface area contributed by atoms with Gasteiger partial charge in [-0.15, -0.1) is 0 Å². The molecule has 0 fully saturated rings. The average molecular weight is 244 g/mol. The molecule has 2 aromatic rings. The number of non-ortho nitro benzene ring substituents is 1. The Morgan fingerprint density at radius 3 is 2.61 bits per heavy atom. The number of nitro benzene ring substituents is 1. The van der Waals surface area contributed by atoms with E-state index in [0.29, 0.717) is 0 Å². The van der Waals surface area contributed by atoms with Crippen molar-refractivity contribution < 1.29 is 9.45 Å². The van der Waals surface area contributed by atoms with E-state index < -0.39 is 4.92 Å². The van der Waals surface area contributed by atoms with Crippen LogP contribution in [-0.2, 0) is 12.8 Å². The van der Waals surface area contributed by atoms with Crippen LogP contribution in [0.1, 0.15) is 24.2 Å². The minimum Gasteiger partial charge on any atom is -0.360 e. The number of hydrogen-bond donors (Lipinski definition) is 0. The number of hydrogen-bond acceptors (Lipinski definition) is 4. The first-order valence-corrected chi connectivity index (χ1v) is 5.98. The topological polar surface area (TPSA) is 69.2 Å². The minimum atomic E-state index is -0.401. The normalized spacial score (nSPS) is 14.2. The van der Waals surface area contributed by atoms with Gasteiger partial charge in [-0.3, -0.25) is 10.1 Å². The van der Waals surface area contributed by atoms with Crippen LogP contribution in [0.2, 0.25) is 0 Å². The van der Waals surface area contributed by atoms with Gasteiger partial charge in [0.05, 0.1) is 4.92 Å². The maximum atomic E-state index is 10.6. The molecule has 0 amide bonds. The summed E-state index contributed by atoms with van der Waals surface area (Å²) in [4.78, 5) is 10.2. The Morgan fingerprint density at radius 2 is 1.89 bits per heavy atom. The molecule has 0 atom stereocenters. The molecule has 5 heteroatoms. The SMILES string of the molecule is O=[N+]([O-])c1ccc(-c2noc3c2CCCC3)cc1. The lowest BCUT2D eigenvalue weighted by atomic mass is 9.94. The third-order valence-electron chi connectivity index (χ3n) is 3.30. The van der Waals surface area contributed by atoms with Gasteiger partial charge >= 0.3 is 0 Å². The second-order valence-corrected chi connectivity index (χ2v) is 4.44. The predicted octanol–water partition coefficient (Wildman–Crippen LogP) is 3.13. The average Bonchev–Trinajstić information content (AvgIpc) is 2.82. The summed E-state index contributed by atoms with van der Waals surface area (Å²) in [5, 5.41) is 14.7. The molecule has 1 aromatic heterocycles. The lowest BCUT2D eigenvalue weighted by molar-refractivity contribution is -0.384. The summed E-state index contributed by atoms with van der Waals surface area (Å²) in [5.41, 5.74) is 2.97. The minimum absolute atomic E-state index is 0.0936. The van der Waals surface area contributed by atoms with Crippen LogP contribution in [0, 0.1) is 10.1 Å². The second kappa shape index (κ2) is 4.25. The van der Waals surface area contributed by atoms with Crippen molar-refractivity contribution in [3.05, 3.63) is 45.7 Å². The van der Waals surface area contributed by atoms with Gasteiger partial charge in [0.1, 0.15) is 11.5 Å². The maximum Gasteiger partial charge on any atom is 0.269 e. The highest BCUT2D eigenvalue weighted by Crippen LogP contribution is 2.31. The quantitative estimate of drug-likeness (QED) is 0.601. The van der Waals surface area contributed by atoms with Crippen molar-refractivity contribution in [2.24, 2.45) is 0 Å². The molecule has 1 heterocycles. The Morgan fingerprint density at radius 1 is 1.17 bits per heavy atom. The van der Waals surface area contributed by atoms with Crippen LogP contribution in [-0.4, -0.2) is 10.1 Å². The molecule has 92 valence electrons. The number of rotatable bonds is 2. The molecule has 0 aliphatic heterocycles. The number of nitro groups is 1. The first-order chi connectivity index (χ1) is 8.75. The molecule has 0 N–H and O–H groups in total. The van der Waals surface area contributed by atoms with Crippen LogP contribution in [0.5, 0.6) is 0 Å². The van der Waals surface area contributed by atoms with Crippen LogP contribution in [0.4, 0.5) is 5.69 Å². The van der Waals surface area contributed by atoms with E-state index in [9.17, 15) is 10.1 Å². The van der Waals surface area contributed by atoms with Crippen molar-refractivity contribution in [1.82, 2.24) is 5.16 Å². The van der Waals surface area contributed by atoms with Gasteiger partial charge < -0.3 is 4.52 Å². The van der Waals surface area contributed by atoms with Crippen molar-refractivity contribution in [3.63, 3.8) is 0 Å². The highest BCUT2D eigenvalue weighted by Gasteiger charge is 2.20. The van der Waals surface area contributed by atoms with Gasteiger partial charge in [0, 0.05) is 29.7 Å². The van der Waals surface area contributed by atoms with E-state index in [1.807, 2.05) is 0 Å². The zero-order valence-corrected chi connectivity index (χ0v) is 9.76. The van der Waals surface area contributed by atoms with Crippen molar-refractivity contribution >= 4 is 5.69 Å². The van der Waals surface area contributed by atoms with Crippen LogP contribution in [0.25, 0.3) is 11.3 Å². The van der Waals surface area contributed by atoms with E-state index in [0.717, 1.165) is 48.3 Å². The van der Waals surface area contributed by atoms with E-state index in [-0.39, 0.29) is 5.69 Å². The van der Waals surface area contributed by atoms with E-state index in [2.05, 4.69) is 5.16 Å². The van der Waals surface area contributed by atoms with Crippen LogP contribution < -0.4 is 0 Å². The van der Waals surface area contributed by atoms with Crippen molar-refractivity contribution in [3.8, 4) is 11.3 Å². The van der Waals surface area contributed by atoms with Gasteiger partial charge in [-0.25, -0.2) is 0 Å². The molecule has 1 aromatic carbocycles. The number of aryl methyl sites for hydroxylation is 1. The smallest absolute Gasteiger partial charge is 0.269 e. The molecular formula is C13H12N2O3. The molecule has 1 aliphatic carbocycles. The van der Waals surface area contributed by atoms with Gasteiger partial charge in [-0.2, -0.15) is 0 Å². The molecule has 0 radical (unpaired) electrons. The summed E-state index contributed by atoms with van der Waals surface area (Å²) in [6.45, 7) is 0.